The molecule has 0 aliphatic heterocycles. The molecule has 27 heavy (non-hydrogen) atoms. The second kappa shape index (κ2) is 10.2. The van der Waals surface area contributed by atoms with E-state index >= 15 is 0 Å². The van der Waals surface area contributed by atoms with Crippen molar-refractivity contribution in [2.45, 2.75) is 32.2 Å². The highest BCUT2D eigenvalue weighted by molar-refractivity contribution is 7.10. The van der Waals surface area contributed by atoms with Crippen LogP contribution in [0.2, 0.25) is 0 Å². The summed E-state index contributed by atoms with van der Waals surface area (Å²) in [5, 5.41) is 7.93. The van der Waals surface area contributed by atoms with Crippen LogP contribution in [0.1, 0.15) is 48.2 Å². The van der Waals surface area contributed by atoms with Crippen LogP contribution in [0.15, 0.2) is 41.8 Å². The fourth-order valence-electron chi connectivity index (χ4n) is 2.80. The van der Waals surface area contributed by atoms with E-state index in [4.69, 9.17) is 0 Å². The van der Waals surface area contributed by atoms with E-state index < -0.39 is 0 Å². The zero-order valence-corrected chi connectivity index (χ0v) is 17.3. The number of hydrogen-bond donors (Lipinski definition) is 2. The van der Waals surface area contributed by atoms with Gasteiger partial charge in [0.25, 0.3) is 0 Å². The van der Waals surface area contributed by atoms with Crippen LogP contribution < -0.4 is 10.6 Å². The van der Waals surface area contributed by atoms with Crippen molar-refractivity contribution in [3.8, 4) is 0 Å². The van der Waals surface area contributed by atoms with Gasteiger partial charge in [0.2, 0.25) is 11.8 Å². The third kappa shape index (κ3) is 5.91. The van der Waals surface area contributed by atoms with E-state index in [9.17, 15) is 9.59 Å². The van der Waals surface area contributed by atoms with E-state index in [1.54, 1.807) is 25.4 Å². The highest BCUT2D eigenvalue weighted by Gasteiger charge is 2.18. The Labute approximate surface area is 165 Å². The molecule has 2 atom stereocenters. The smallest absolute Gasteiger partial charge is 0.239 e. The lowest BCUT2D eigenvalue weighted by Crippen LogP contribution is -2.42. The normalized spacial score (nSPS) is 13.0. The number of thiophene rings is 1. The molecule has 5 nitrogen and oxygen atoms in total. The molecule has 0 bridgehead atoms. The molecular weight excluding hydrogens is 358 g/mol. The first-order chi connectivity index (χ1) is 13.0. The number of amides is 2. The van der Waals surface area contributed by atoms with Crippen LogP contribution in [0, 0.1) is 0 Å². The minimum Gasteiger partial charge on any atom is -0.358 e. The molecule has 6 heteroatoms. The SMILES string of the molecule is CC[C@@H](C)c1ccc([C@@H](NCC(=O)N(C)CC(=O)NC)c2cccs2)cc1. The van der Waals surface area contributed by atoms with Gasteiger partial charge in [0, 0.05) is 19.0 Å². The van der Waals surface area contributed by atoms with Crippen molar-refractivity contribution >= 4 is 23.2 Å². The number of likely N-dealkylation sites (N-methyl/N-ethyl adjacent to an activating group) is 2. The second-order valence-electron chi connectivity index (χ2n) is 6.73. The molecule has 2 aromatic rings. The van der Waals surface area contributed by atoms with Gasteiger partial charge in [-0.15, -0.1) is 11.3 Å². The van der Waals surface area contributed by atoms with Crippen molar-refractivity contribution in [2.75, 3.05) is 27.2 Å². The Balaban J connectivity index is 2.10. The molecule has 0 saturated carbocycles. The van der Waals surface area contributed by atoms with E-state index in [1.807, 2.05) is 11.4 Å². The van der Waals surface area contributed by atoms with Gasteiger partial charge in [0.05, 0.1) is 19.1 Å². The fraction of sp³-hybridized carbons (Fsp3) is 0.429. The summed E-state index contributed by atoms with van der Waals surface area (Å²) in [6, 6.07) is 12.7. The quantitative estimate of drug-likeness (QED) is 0.695. The Morgan fingerprint density at radius 2 is 1.81 bits per heavy atom. The summed E-state index contributed by atoms with van der Waals surface area (Å²) in [5.74, 6) is 0.241. The first-order valence-corrected chi connectivity index (χ1v) is 10.1. The van der Waals surface area contributed by atoms with Crippen LogP contribution in [0.5, 0.6) is 0 Å². The topological polar surface area (TPSA) is 61.4 Å². The molecule has 0 radical (unpaired) electrons. The van der Waals surface area contributed by atoms with E-state index in [-0.39, 0.29) is 30.9 Å². The van der Waals surface area contributed by atoms with E-state index in [0.717, 1.165) is 16.9 Å². The number of nitrogens with one attached hydrogen (secondary N) is 2. The Hall–Kier alpha value is -2.18. The molecule has 0 aliphatic rings. The number of hydrogen-bond acceptors (Lipinski definition) is 4. The summed E-state index contributed by atoms with van der Waals surface area (Å²) in [5.41, 5.74) is 2.46. The zero-order valence-electron chi connectivity index (χ0n) is 16.5. The summed E-state index contributed by atoms with van der Waals surface area (Å²) < 4.78 is 0. The molecule has 1 aromatic heterocycles. The maximum absolute atomic E-state index is 12.4. The Morgan fingerprint density at radius 3 is 2.37 bits per heavy atom. The third-order valence-electron chi connectivity index (χ3n) is 4.82. The predicted octanol–water partition coefficient (Wildman–Crippen LogP) is 3.15. The molecule has 0 aliphatic carbocycles. The summed E-state index contributed by atoms with van der Waals surface area (Å²) in [6.45, 7) is 4.65. The standard InChI is InChI=1S/C21H29N3O2S/c1-5-15(2)16-8-10-17(11-9-16)21(18-7-6-12-27-18)23-13-20(26)24(4)14-19(25)22-3/h6-12,15,21,23H,5,13-14H2,1-4H3,(H,22,25)/t15-,21-/m1/s1. The van der Waals surface area contributed by atoms with Crippen LogP contribution in [0.3, 0.4) is 0 Å². The summed E-state index contributed by atoms with van der Waals surface area (Å²) in [6.07, 6.45) is 1.11. The molecule has 2 amide bonds. The number of rotatable bonds is 9. The van der Waals surface area contributed by atoms with Crippen molar-refractivity contribution in [3.05, 3.63) is 57.8 Å². The third-order valence-corrected chi connectivity index (χ3v) is 5.76. The number of benzene rings is 1. The van der Waals surface area contributed by atoms with Gasteiger partial charge in [0.1, 0.15) is 0 Å². The van der Waals surface area contributed by atoms with Crippen LogP contribution in [0.25, 0.3) is 0 Å². The fourth-order valence-corrected chi connectivity index (χ4v) is 3.62. The number of carbonyl (C=O) groups excluding carboxylic acids is 2. The van der Waals surface area contributed by atoms with Gasteiger partial charge in [-0.3, -0.25) is 14.9 Å². The Kier molecular flexibility index (Phi) is 8.00. The molecule has 0 fully saturated rings. The lowest BCUT2D eigenvalue weighted by molar-refractivity contribution is -0.133. The highest BCUT2D eigenvalue weighted by atomic mass is 32.1. The van der Waals surface area contributed by atoms with Gasteiger partial charge in [-0.1, -0.05) is 44.2 Å². The lowest BCUT2D eigenvalue weighted by atomic mass is 9.95. The lowest BCUT2D eigenvalue weighted by Gasteiger charge is -2.21. The van der Waals surface area contributed by atoms with Crippen LogP contribution in [0.4, 0.5) is 0 Å². The van der Waals surface area contributed by atoms with Crippen LogP contribution >= 0.6 is 11.3 Å². The molecule has 1 heterocycles. The zero-order chi connectivity index (χ0) is 19.8. The van der Waals surface area contributed by atoms with Crippen molar-refractivity contribution < 1.29 is 9.59 Å². The van der Waals surface area contributed by atoms with Gasteiger partial charge in [-0.25, -0.2) is 0 Å². The van der Waals surface area contributed by atoms with Crippen molar-refractivity contribution in [1.29, 1.82) is 0 Å². The largest absolute Gasteiger partial charge is 0.358 e. The second-order valence-corrected chi connectivity index (χ2v) is 7.71. The van der Waals surface area contributed by atoms with Crippen molar-refractivity contribution in [2.24, 2.45) is 0 Å². The molecule has 146 valence electrons. The van der Waals surface area contributed by atoms with Gasteiger partial charge >= 0.3 is 0 Å². The average molecular weight is 388 g/mol. The molecular formula is C21H29N3O2S. The first kappa shape index (κ1) is 21.1. The molecule has 0 saturated heterocycles. The van der Waals surface area contributed by atoms with E-state index in [2.05, 4.69) is 54.8 Å². The monoisotopic (exact) mass is 387 g/mol. The summed E-state index contributed by atoms with van der Waals surface area (Å²) in [7, 11) is 3.20. The molecule has 2 rings (SSSR count). The van der Waals surface area contributed by atoms with Crippen LogP contribution in [-0.2, 0) is 9.59 Å². The highest BCUT2D eigenvalue weighted by Crippen LogP contribution is 2.28. The van der Waals surface area contributed by atoms with E-state index in [0.29, 0.717) is 5.92 Å². The van der Waals surface area contributed by atoms with Gasteiger partial charge in [0.15, 0.2) is 0 Å². The predicted molar refractivity (Wildman–Crippen MR) is 111 cm³/mol. The van der Waals surface area contributed by atoms with Gasteiger partial charge in [-0.05, 0) is 34.9 Å². The van der Waals surface area contributed by atoms with Crippen molar-refractivity contribution in [1.82, 2.24) is 15.5 Å². The number of nitrogens with zero attached hydrogens (tertiary/aromatic N) is 1. The molecule has 0 unspecified atom stereocenters. The van der Waals surface area contributed by atoms with Gasteiger partial charge in [-0.2, -0.15) is 0 Å². The Bertz CT molecular complexity index is 728. The van der Waals surface area contributed by atoms with Gasteiger partial charge < -0.3 is 10.2 Å². The average Bonchev–Trinajstić information content (AvgIpc) is 3.22. The van der Waals surface area contributed by atoms with Crippen molar-refractivity contribution in [3.63, 3.8) is 0 Å². The minimum absolute atomic E-state index is 0.0478. The molecule has 0 spiro atoms. The first-order valence-electron chi connectivity index (χ1n) is 9.27. The number of carbonyl (C=O) groups is 2. The summed E-state index contributed by atoms with van der Waals surface area (Å²) in [4.78, 5) is 26.4. The maximum Gasteiger partial charge on any atom is 0.239 e. The summed E-state index contributed by atoms with van der Waals surface area (Å²) >= 11 is 1.66. The maximum atomic E-state index is 12.4. The van der Waals surface area contributed by atoms with Crippen LogP contribution in [-0.4, -0.2) is 43.9 Å². The Morgan fingerprint density at radius 1 is 1.15 bits per heavy atom. The minimum atomic E-state index is -0.179. The van der Waals surface area contributed by atoms with E-state index in [1.165, 1.54) is 10.5 Å². The molecule has 2 N–H and O–H groups in total. The molecule has 1 aromatic carbocycles.